The maximum Gasteiger partial charge on any atom is 0.259 e. The van der Waals surface area contributed by atoms with Crippen molar-refractivity contribution in [2.75, 3.05) is 10.6 Å². The van der Waals surface area contributed by atoms with Crippen LogP contribution in [0.2, 0.25) is 5.02 Å². The highest BCUT2D eigenvalue weighted by Gasteiger charge is 2.16. The maximum atomic E-state index is 12.6. The highest BCUT2D eigenvalue weighted by atomic mass is 35.5. The molecule has 3 rings (SSSR count). The largest absolute Gasteiger partial charge is 0.508 e. The fraction of sp³-hybridized carbons (Fsp3) is 0. The van der Waals surface area contributed by atoms with E-state index >= 15 is 0 Å². The Morgan fingerprint density at radius 2 is 1.75 bits per heavy atom. The number of phenolic OH excluding ortho intramolecular Hbond substituents is 1. The summed E-state index contributed by atoms with van der Waals surface area (Å²) in [4.78, 5) is 32.3. The van der Waals surface area contributed by atoms with Gasteiger partial charge >= 0.3 is 0 Å². The van der Waals surface area contributed by atoms with Crippen LogP contribution in [-0.4, -0.2) is 21.9 Å². The van der Waals surface area contributed by atoms with Crippen LogP contribution in [0.4, 0.5) is 17.2 Å². The van der Waals surface area contributed by atoms with E-state index in [2.05, 4.69) is 20.5 Å². The number of hydrogen-bond donors (Lipinski definition) is 3. The molecule has 8 heteroatoms. The summed E-state index contributed by atoms with van der Waals surface area (Å²) in [5.41, 5.74) is 1.01. The van der Waals surface area contributed by atoms with E-state index < -0.39 is 11.8 Å². The third kappa shape index (κ3) is 4.44. The minimum atomic E-state index is -0.565. The lowest BCUT2D eigenvalue weighted by Gasteiger charge is -2.12. The molecule has 2 aromatic carbocycles. The van der Waals surface area contributed by atoms with Gasteiger partial charge in [0.1, 0.15) is 11.6 Å². The van der Waals surface area contributed by atoms with Gasteiger partial charge in [0, 0.05) is 11.8 Å². The van der Waals surface area contributed by atoms with E-state index in [-0.39, 0.29) is 22.8 Å². The van der Waals surface area contributed by atoms with Crippen LogP contribution >= 0.6 is 11.6 Å². The van der Waals surface area contributed by atoms with Crippen LogP contribution in [0.15, 0.2) is 60.8 Å². The third-order valence-corrected chi connectivity index (χ3v) is 3.95. The Morgan fingerprint density at radius 1 is 1.00 bits per heavy atom. The molecule has 0 bridgehead atoms. The van der Waals surface area contributed by atoms with Gasteiger partial charge in [-0.3, -0.25) is 9.59 Å². The molecule has 0 unspecified atom stereocenters. The van der Waals surface area contributed by atoms with Crippen molar-refractivity contribution in [1.82, 2.24) is 4.98 Å². The van der Waals surface area contributed by atoms with Gasteiger partial charge in [-0.1, -0.05) is 35.9 Å². The van der Waals surface area contributed by atoms with E-state index in [1.54, 1.807) is 6.07 Å². The smallest absolute Gasteiger partial charge is 0.259 e. The Labute approximate surface area is 165 Å². The number of carbonyl (C=O) groups excluding carboxylic acids is 2. The van der Waals surface area contributed by atoms with Crippen LogP contribution in [0.25, 0.3) is 4.85 Å². The zero-order valence-electron chi connectivity index (χ0n) is 14.3. The Morgan fingerprint density at radius 3 is 2.39 bits per heavy atom. The summed E-state index contributed by atoms with van der Waals surface area (Å²) < 4.78 is 0. The summed E-state index contributed by atoms with van der Waals surface area (Å²) in [6.07, 6.45) is 1.38. The molecule has 0 aliphatic heterocycles. The van der Waals surface area contributed by atoms with Gasteiger partial charge in [0.15, 0.2) is 5.69 Å². The Hall–Kier alpha value is -3.89. The molecule has 2 amide bonds. The van der Waals surface area contributed by atoms with Crippen LogP contribution in [0, 0.1) is 6.57 Å². The van der Waals surface area contributed by atoms with Crippen LogP contribution in [0.1, 0.15) is 20.7 Å². The van der Waals surface area contributed by atoms with Crippen LogP contribution in [-0.2, 0) is 0 Å². The van der Waals surface area contributed by atoms with Gasteiger partial charge in [-0.25, -0.2) is 9.83 Å². The predicted molar refractivity (Wildman–Crippen MR) is 106 cm³/mol. The quantitative estimate of drug-likeness (QED) is 0.450. The molecule has 0 radical (unpaired) electrons. The van der Waals surface area contributed by atoms with Crippen molar-refractivity contribution in [3.8, 4) is 5.75 Å². The predicted octanol–water partition coefficient (Wildman–Crippen LogP) is 4.50. The molecule has 1 heterocycles. The van der Waals surface area contributed by atoms with Gasteiger partial charge in [0.2, 0.25) is 0 Å². The number of aromatic nitrogens is 1. The van der Waals surface area contributed by atoms with E-state index in [9.17, 15) is 14.7 Å². The molecule has 1 aromatic heterocycles. The normalized spacial score (nSPS) is 10.0. The van der Waals surface area contributed by atoms with E-state index in [0.29, 0.717) is 16.3 Å². The summed E-state index contributed by atoms with van der Waals surface area (Å²) in [6, 6.07) is 13.2. The summed E-state index contributed by atoms with van der Waals surface area (Å²) in [5, 5.41) is 15.4. The molecule has 7 nitrogen and oxygen atoms in total. The standard InChI is InChI=1S/C20H13ClN4O3/c1-22-14-5-2-12(3-6-14)19(27)24-17-8-7-15(26)10-16(17)20(28)25-18-9-4-13(21)11-23-18/h2-11,26H,(H,24,27)(H,23,25,28). The molecule has 0 spiro atoms. The van der Waals surface area contributed by atoms with Gasteiger partial charge in [-0.2, -0.15) is 0 Å². The van der Waals surface area contributed by atoms with Crippen molar-refractivity contribution in [3.63, 3.8) is 0 Å². The van der Waals surface area contributed by atoms with E-state index in [1.807, 2.05) is 0 Å². The van der Waals surface area contributed by atoms with Crippen molar-refractivity contribution in [1.29, 1.82) is 0 Å². The molecule has 28 heavy (non-hydrogen) atoms. The average Bonchev–Trinajstić information content (AvgIpc) is 2.71. The lowest BCUT2D eigenvalue weighted by atomic mass is 10.1. The topological polar surface area (TPSA) is 95.7 Å². The van der Waals surface area contributed by atoms with Gasteiger partial charge in [0.25, 0.3) is 11.8 Å². The number of nitrogens with zero attached hydrogens (tertiary/aromatic N) is 2. The molecule has 0 saturated heterocycles. The van der Waals surface area contributed by atoms with Crippen LogP contribution in [0.3, 0.4) is 0 Å². The van der Waals surface area contributed by atoms with Crippen molar-refractivity contribution >= 4 is 40.6 Å². The molecular formula is C20H13ClN4O3. The Balaban J connectivity index is 1.83. The lowest BCUT2D eigenvalue weighted by Crippen LogP contribution is -2.18. The van der Waals surface area contributed by atoms with Crippen molar-refractivity contribution < 1.29 is 14.7 Å². The van der Waals surface area contributed by atoms with Crippen molar-refractivity contribution in [2.24, 2.45) is 0 Å². The minimum Gasteiger partial charge on any atom is -0.508 e. The van der Waals surface area contributed by atoms with E-state index in [4.69, 9.17) is 18.2 Å². The fourth-order valence-corrected chi connectivity index (χ4v) is 2.46. The Bertz CT molecular complexity index is 1070. The van der Waals surface area contributed by atoms with Crippen molar-refractivity contribution in [3.05, 3.63) is 88.4 Å². The second kappa shape index (κ2) is 8.20. The number of aromatic hydroxyl groups is 1. The first-order chi connectivity index (χ1) is 13.5. The number of benzene rings is 2. The number of amides is 2. The number of halogens is 1. The number of carbonyl (C=O) groups is 2. The highest BCUT2D eigenvalue weighted by Crippen LogP contribution is 2.24. The maximum absolute atomic E-state index is 12.6. The Kier molecular flexibility index (Phi) is 5.53. The molecule has 138 valence electrons. The highest BCUT2D eigenvalue weighted by molar-refractivity contribution is 6.30. The summed E-state index contributed by atoms with van der Waals surface area (Å²) >= 11 is 5.77. The average molecular weight is 393 g/mol. The molecule has 0 aliphatic rings. The van der Waals surface area contributed by atoms with Gasteiger partial charge in [0.05, 0.1) is 22.8 Å². The summed E-state index contributed by atoms with van der Waals surface area (Å²) in [7, 11) is 0. The summed E-state index contributed by atoms with van der Waals surface area (Å²) in [5.74, 6) is -0.886. The van der Waals surface area contributed by atoms with E-state index in [0.717, 1.165) is 0 Å². The zero-order chi connectivity index (χ0) is 20.1. The number of rotatable bonds is 4. The number of hydrogen-bond acceptors (Lipinski definition) is 4. The van der Waals surface area contributed by atoms with Gasteiger partial charge in [-0.15, -0.1) is 0 Å². The number of nitrogens with one attached hydrogen (secondary N) is 2. The van der Waals surface area contributed by atoms with Gasteiger partial charge in [-0.05, 0) is 30.3 Å². The van der Waals surface area contributed by atoms with Gasteiger partial charge < -0.3 is 15.7 Å². The van der Waals surface area contributed by atoms with E-state index in [1.165, 1.54) is 54.7 Å². The summed E-state index contributed by atoms with van der Waals surface area (Å²) in [6.45, 7) is 6.94. The molecular weight excluding hydrogens is 380 g/mol. The molecule has 3 N–H and O–H groups in total. The second-order valence-electron chi connectivity index (χ2n) is 5.66. The first-order valence-corrected chi connectivity index (χ1v) is 8.39. The van der Waals surface area contributed by atoms with Crippen LogP contribution < -0.4 is 10.6 Å². The number of anilines is 2. The van der Waals surface area contributed by atoms with Crippen LogP contribution in [0.5, 0.6) is 5.75 Å². The fourth-order valence-electron chi connectivity index (χ4n) is 2.34. The SMILES string of the molecule is [C-]#[N+]c1ccc(C(=O)Nc2ccc(O)cc2C(=O)Nc2ccc(Cl)cn2)cc1. The molecule has 0 saturated carbocycles. The molecule has 0 fully saturated rings. The zero-order valence-corrected chi connectivity index (χ0v) is 15.1. The first-order valence-electron chi connectivity index (χ1n) is 8.01. The minimum absolute atomic E-state index is 0.0582. The third-order valence-electron chi connectivity index (χ3n) is 3.72. The molecule has 0 aliphatic carbocycles. The first kappa shape index (κ1) is 18.9. The number of pyridine rings is 1. The van der Waals surface area contributed by atoms with Crippen molar-refractivity contribution in [2.45, 2.75) is 0 Å². The number of phenols is 1. The molecule has 3 aromatic rings. The lowest BCUT2D eigenvalue weighted by molar-refractivity contribution is 0.102. The second-order valence-corrected chi connectivity index (χ2v) is 6.09. The molecule has 0 atom stereocenters. The monoisotopic (exact) mass is 392 g/mol.